The van der Waals surface area contributed by atoms with E-state index in [-0.39, 0.29) is 5.91 Å². The highest BCUT2D eigenvalue weighted by molar-refractivity contribution is 9.10. The van der Waals surface area contributed by atoms with Gasteiger partial charge in [-0.25, -0.2) is 5.43 Å². The van der Waals surface area contributed by atoms with Gasteiger partial charge in [0.05, 0.1) is 6.21 Å². The molecule has 0 atom stereocenters. The van der Waals surface area contributed by atoms with Crippen LogP contribution in [0.2, 0.25) is 0 Å². The number of rotatable bonds is 6. The number of hydrogen-bond donors (Lipinski definition) is 1. The first kappa shape index (κ1) is 19.8. The molecule has 30 heavy (non-hydrogen) atoms. The Morgan fingerprint density at radius 3 is 2.63 bits per heavy atom. The van der Waals surface area contributed by atoms with E-state index in [2.05, 4.69) is 31.4 Å². The van der Waals surface area contributed by atoms with Crippen LogP contribution in [0.4, 0.5) is 0 Å². The Labute approximate surface area is 182 Å². The zero-order chi connectivity index (χ0) is 20.8. The van der Waals surface area contributed by atoms with E-state index in [4.69, 9.17) is 4.74 Å². The molecule has 0 fully saturated rings. The monoisotopic (exact) mass is 459 g/mol. The second-order valence-corrected chi connectivity index (χ2v) is 7.39. The molecule has 0 bridgehead atoms. The Balaban J connectivity index is 1.36. The number of para-hydroxylation sites is 1. The van der Waals surface area contributed by atoms with Gasteiger partial charge in [-0.3, -0.25) is 9.78 Å². The SMILES string of the molecule is O=C(NN=Cc1ccccc1Br)c1ccc(COc2cccc3cccnc23)cc1. The molecule has 0 radical (unpaired) electrons. The highest BCUT2D eigenvalue weighted by Crippen LogP contribution is 2.24. The third-order valence-electron chi connectivity index (χ3n) is 4.48. The Kier molecular flexibility index (Phi) is 6.15. The highest BCUT2D eigenvalue weighted by atomic mass is 79.9. The number of nitrogens with one attached hydrogen (secondary N) is 1. The summed E-state index contributed by atoms with van der Waals surface area (Å²) < 4.78 is 6.85. The van der Waals surface area contributed by atoms with E-state index in [1.165, 1.54) is 0 Å². The Hall–Kier alpha value is -3.51. The minimum Gasteiger partial charge on any atom is -0.487 e. The number of carbonyl (C=O) groups is 1. The number of halogens is 1. The molecule has 6 heteroatoms. The van der Waals surface area contributed by atoms with Crippen LogP contribution in [0.1, 0.15) is 21.5 Å². The largest absolute Gasteiger partial charge is 0.487 e. The molecule has 5 nitrogen and oxygen atoms in total. The quantitative estimate of drug-likeness (QED) is 0.312. The van der Waals surface area contributed by atoms with Gasteiger partial charge >= 0.3 is 0 Å². The van der Waals surface area contributed by atoms with Crippen molar-refractivity contribution in [3.8, 4) is 5.75 Å². The van der Waals surface area contributed by atoms with Crippen molar-refractivity contribution in [3.05, 3.63) is 106 Å². The van der Waals surface area contributed by atoms with Crippen molar-refractivity contribution in [2.45, 2.75) is 6.61 Å². The van der Waals surface area contributed by atoms with Crippen LogP contribution in [0.5, 0.6) is 5.75 Å². The van der Waals surface area contributed by atoms with Crippen LogP contribution < -0.4 is 10.2 Å². The topological polar surface area (TPSA) is 63.6 Å². The summed E-state index contributed by atoms with van der Waals surface area (Å²) in [6, 6.07) is 24.6. The molecule has 0 aliphatic carbocycles. The van der Waals surface area contributed by atoms with Crippen molar-refractivity contribution in [3.63, 3.8) is 0 Å². The molecule has 4 aromatic rings. The summed E-state index contributed by atoms with van der Waals surface area (Å²) in [7, 11) is 0. The van der Waals surface area contributed by atoms with Gasteiger partial charge in [-0.05, 0) is 35.9 Å². The van der Waals surface area contributed by atoms with Crippen molar-refractivity contribution in [1.29, 1.82) is 0 Å². The molecule has 0 spiro atoms. The average molecular weight is 460 g/mol. The van der Waals surface area contributed by atoms with E-state index in [1.807, 2.05) is 66.7 Å². The number of hydrogen-bond acceptors (Lipinski definition) is 4. The summed E-state index contributed by atoms with van der Waals surface area (Å²) in [5.41, 5.74) is 5.74. The van der Waals surface area contributed by atoms with E-state index < -0.39 is 0 Å². The predicted molar refractivity (Wildman–Crippen MR) is 122 cm³/mol. The maximum Gasteiger partial charge on any atom is 0.271 e. The van der Waals surface area contributed by atoms with E-state index in [1.54, 1.807) is 24.5 Å². The second kappa shape index (κ2) is 9.33. The number of pyridine rings is 1. The number of amides is 1. The van der Waals surface area contributed by atoms with Crippen molar-refractivity contribution < 1.29 is 9.53 Å². The standard InChI is InChI=1S/C24H18BrN3O2/c25-21-8-2-1-5-20(21)15-27-28-24(29)19-12-10-17(11-13-19)16-30-22-9-3-6-18-7-4-14-26-23(18)22/h1-15H,16H2,(H,28,29). The van der Waals surface area contributed by atoms with Gasteiger partial charge in [0, 0.05) is 27.2 Å². The van der Waals surface area contributed by atoms with Crippen LogP contribution >= 0.6 is 15.9 Å². The summed E-state index contributed by atoms with van der Waals surface area (Å²) in [5.74, 6) is 0.459. The maximum atomic E-state index is 12.3. The number of aromatic nitrogens is 1. The lowest BCUT2D eigenvalue weighted by Crippen LogP contribution is -2.17. The van der Waals surface area contributed by atoms with Gasteiger partial charge in [-0.15, -0.1) is 0 Å². The van der Waals surface area contributed by atoms with Crippen LogP contribution in [0.15, 0.2) is 94.6 Å². The van der Waals surface area contributed by atoms with Gasteiger partial charge in [-0.2, -0.15) is 5.10 Å². The molecule has 0 saturated carbocycles. The molecule has 4 rings (SSSR count). The average Bonchev–Trinajstić information content (AvgIpc) is 2.79. The van der Waals surface area contributed by atoms with Crippen LogP contribution in [-0.4, -0.2) is 17.1 Å². The third kappa shape index (κ3) is 4.72. The number of carbonyl (C=O) groups excluding carboxylic acids is 1. The number of ether oxygens (including phenoxy) is 1. The summed E-state index contributed by atoms with van der Waals surface area (Å²) in [6.45, 7) is 0.387. The Morgan fingerprint density at radius 2 is 1.80 bits per heavy atom. The van der Waals surface area contributed by atoms with Crippen molar-refractivity contribution in [2.75, 3.05) is 0 Å². The number of hydrazone groups is 1. The maximum absolute atomic E-state index is 12.3. The van der Waals surface area contributed by atoms with Crippen molar-refractivity contribution in [1.82, 2.24) is 10.4 Å². The highest BCUT2D eigenvalue weighted by Gasteiger charge is 2.06. The molecule has 1 amide bonds. The van der Waals surface area contributed by atoms with Crippen LogP contribution in [0, 0.1) is 0 Å². The van der Waals surface area contributed by atoms with E-state index in [0.717, 1.165) is 32.3 Å². The lowest BCUT2D eigenvalue weighted by molar-refractivity contribution is 0.0955. The molecule has 1 N–H and O–H groups in total. The first-order chi connectivity index (χ1) is 14.7. The van der Waals surface area contributed by atoms with Crippen LogP contribution in [0.25, 0.3) is 10.9 Å². The summed E-state index contributed by atoms with van der Waals surface area (Å²) >= 11 is 3.44. The number of nitrogens with zero attached hydrogens (tertiary/aromatic N) is 2. The molecular weight excluding hydrogens is 442 g/mol. The normalized spacial score (nSPS) is 11.0. The van der Waals surface area contributed by atoms with Crippen LogP contribution in [0.3, 0.4) is 0 Å². The van der Waals surface area contributed by atoms with E-state index in [0.29, 0.717) is 12.2 Å². The lowest BCUT2D eigenvalue weighted by atomic mass is 10.1. The number of benzene rings is 3. The Morgan fingerprint density at radius 1 is 1.00 bits per heavy atom. The smallest absolute Gasteiger partial charge is 0.271 e. The Bertz CT molecular complexity index is 1200. The van der Waals surface area contributed by atoms with Gasteiger partial charge in [0.25, 0.3) is 5.91 Å². The van der Waals surface area contributed by atoms with Crippen molar-refractivity contribution in [2.24, 2.45) is 5.10 Å². The van der Waals surface area contributed by atoms with E-state index >= 15 is 0 Å². The van der Waals surface area contributed by atoms with E-state index in [9.17, 15) is 4.79 Å². The second-order valence-electron chi connectivity index (χ2n) is 6.54. The first-order valence-corrected chi connectivity index (χ1v) is 10.1. The molecule has 1 aromatic heterocycles. The van der Waals surface area contributed by atoms with Gasteiger partial charge in [0.2, 0.25) is 0 Å². The molecule has 0 saturated heterocycles. The van der Waals surface area contributed by atoms with Gasteiger partial charge in [0.15, 0.2) is 0 Å². The van der Waals surface area contributed by atoms with Gasteiger partial charge < -0.3 is 4.74 Å². The minimum absolute atomic E-state index is 0.274. The fourth-order valence-electron chi connectivity index (χ4n) is 2.91. The molecule has 0 aliphatic heterocycles. The van der Waals surface area contributed by atoms with Gasteiger partial charge in [0.1, 0.15) is 17.9 Å². The summed E-state index contributed by atoms with van der Waals surface area (Å²) in [4.78, 5) is 16.7. The molecule has 148 valence electrons. The minimum atomic E-state index is -0.274. The molecule has 0 aliphatic rings. The number of fused-ring (bicyclic) bond motifs is 1. The molecule has 3 aromatic carbocycles. The predicted octanol–water partition coefficient (Wildman–Crippen LogP) is 5.34. The zero-order valence-corrected chi connectivity index (χ0v) is 17.5. The zero-order valence-electron chi connectivity index (χ0n) is 16.0. The summed E-state index contributed by atoms with van der Waals surface area (Å²) in [6.07, 6.45) is 3.35. The fraction of sp³-hybridized carbons (Fsp3) is 0.0417. The first-order valence-electron chi connectivity index (χ1n) is 9.34. The molecule has 0 unspecified atom stereocenters. The summed E-state index contributed by atoms with van der Waals surface area (Å²) in [5, 5.41) is 5.05. The molecule has 1 heterocycles. The molecular formula is C24H18BrN3O2. The van der Waals surface area contributed by atoms with Crippen molar-refractivity contribution >= 4 is 39.0 Å². The van der Waals surface area contributed by atoms with Gasteiger partial charge in [-0.1, -0.05) is 64.5 Å². The van der Waals surface area contributed by atoms with Crippen LogP contribution in [-0.2, 0) is 6.61 Å². The third-order valence-corrected chi connectivity index (χ3v) is 5.20. The lowest BCUT2D eigenvalue weighted by Gasteiger charge is -2.09. The fourth-order valence-corrected chi connectivity index (χ4v) is 3.30.